The van der Waals surface area contributed by atoms with Gasteiger partial charge in [-0.3, -0.25) is 4.79 Å². The topological polar surface area (TPSA) is 38.3 Å². The molecule has 0 unspecified atom stereocenters. The van der Waals surface area contributed by atoms with Gasteiger partial charge in [0, 0.05) is 5.56 Å². The fourth-order valence-electron chi connectivity index (χ4n) is 2.47. The largest absolute Gasteiger partial charge is 0.494 e. The average molecular weight is 315 g/mol. The summed E-state index contributed by atoms with van der Waals surface area (Å²) in [6.45, 7) is 6.17. The minimum Gasteiger partial charge on any atom is -0.494 e. The van der Waals surface area contributed by atoms with Crippen LogP contribution >= 0.6 is 0 Å². The predicted molar refractivity (Wildman–Crippen MR) is 89.1 cm³/mol. The van der Waals surface area contributed by atoms with E-state index < -0.39 is 5.82 Å². The molecule has 0 bridgehead atoms. The Hall–Kier alpha value is -2.36. The Morgan fingerprint density at radius 1 is 1.13 bits per heavy atom. The lowest BCUT2D eigenvalue weighted by Gasteiger charge is -2.32. The van der Waals surface area contributed by atoms with Gasteiger partial charge < -0.3 is 10.1 Å². The molecule has 3 nitrogen and oxygen atoms in total. The van der Waals surface area contributed by atoms with Crippen molar-refractivity contribution in [3.8, 4) is 5.75 Å². The molecule has 1 N–H and O–H groups in total. The van der Waals surface area contributed by atoms with E-state index in [0.717, 1.165) is 5.56 Å². The number of carbonyl (C=O) groups is 1. The predicted octanol–water partition coefficient (Wildman–Crippen LogP) is 4.35. The zero-order valence-electron chi connectivity index (χ0n) is 13.9. The van der Waals surface area contributed by atoms with Crippen LogP contribution in [0.3, 0.4) is 0 Å². The van der Waals surface area contributed by atoms with Crippen LogP contribution in [-0.2, 0) is 0 Å². The number of hydrogen-bond donors (Lipinski definition) is 1. The van der Waals surface area contributed by atoms with Crippen LogP contribution in [-0.4, -0.2) is 13.0 Å². The van der Waals surface area contributed by atoms with Gasteiger partial charge in [-0.25, -0.2) is 4.39 Å². The number of rotatable bonds is 4. The molecule has 0 saturated heterocycles. The molecule has 4 heteroatoms. The highest BCUT2D eigenvalue weighted by molar-refractivity contribution is 5.94. The normalized spacial score (nSPS) is 12.6. The van der Waals surface area contributed by atoms with Gasteiger partial charge in [-0.1, -0.05) is 51.1 Å². The SMILES string of the molecule is COc1ccc(C(=O)N[C@@H](c2ccccc2)C(C)(C)C)cc1F. The molecule has 0 heterocycles. The number of amides is 1. The Labute approximate surface area is 136 Å². The number of nitrogens with one attached hydrogen (secondary N) is 1. The fraction of sp³-hybridized carbons (Fsp3) is 0.316. The fourth-order valence-corrected chi connectivity index (χ4v) is 2.47. The third kappa shape index (κ3) is 4.09. The van der Waals surface area contributed by atoms with Gasteiger partial charge in [-0.15, -0.1) is 0 Å². The summed E-state index contributed by atoms with van der Waals surface area (Å²) in [4.78, 5) is 12.5. The van der Waals surface area contributed by atoms with Gasteiger partial charge in [-0.05, 0) is 29.2 Å². The minimum absolute atomic E-state index is 0.122. The Morgan fingerprint density at radius 3 is 2.30 bits per heavy atom. The van der Waals surface area contributed by atoms with E-state index in [1.807, 2.05) is 30.3 Å². The molecular formula is C19H22FNO2. The van der Waals surface area contributed by atoms with E-state index in [1.54, 1.807) is 6.07 Å². The standard InChI is InChI=1S/C19H22FNO2/c1-19(2,3)17(13-8-6-5-7-9-13)21-18(22)14-10-11-16(23-4)15(20)12-14/h5-12,17H,1-4H3,(H,21,22)/t17-/m0/s1. The maximum atomic E-state index is 13.8. The summed E-state index contributed by atoms with van der Waals surface area (Å²) in [7, 11) is 1.39. The van der Waals surface area contributed by atoms with Gasteiger partial charge in [0.1, 0.15) is 0 Å². The molecule has 2 aromatic rings. The van der Waals surface area contributed by atoms with E-state index in [1.165, 1.54) is 19.2 Å². The Balaban J connectivity index is 2.26. The van der Waals surface area contributed by atoms with Gasteiger partial charge in [0.25, 0.3) is 5.91 Å². The van der Waals surface area contributed by atoms with Gasteiger partial charge >= 0.3 is 0 Å². The van der Waals surface area contributed by atoms with Gasteiger partial charge in [-0.2, -0.15) is 0 Å². The number of ether oxygens (including phenoxy) is 1. The quantitative estimate of drug-likeness (QED) is 0.911. The van der Waals surface area contributed by atoms with Crippen molar-refractivity contribution in [2.75, 3.05) is 7.11 Å². The van der Waals surface area contributed by atoms with E-state index >= 15 is 0 Å². The third-order valence-corrected chi connectivity index (χ3v) is 3.69. The lowest BCUT2D eigenvalue weighted by Crippen LogP contribution is -2.36. The van der Waals surface area contributed by atoms with E-state index in [0.29, 0.717) is 0 Å². The summed E-state index contributed by atoms with van der Waals surface area (Å²) in [6.07, 6.45) is 0. The third-order valence-electron chi connectivity index (χ3n) is 3.69. The molecule has 0 aliphatic carbocycles. The highest BCUT2D eigenvalue weighted by Gasteiger charge is 2.28. The van der Waals surface area contributed by atoms with Gasteiger partial charge in [0.15, 0.2) is 11.6 Å². The summed E-state index contributed by atoms with van der Waals surface area (Å²) in [5.74, 6) is -0.737. The molecule has 0 radical (unpaired) electrons. The van der Waals surface area contributed by atoms with Crippen molar-refractivity contribution < 1.29 is 13.9 Å². The molecule has 0 aliphatic heterocycles. The van der Waals surface area contributed by atoms with Crippen molar-refractivity contribution in [2.45, 2.75) is 26.8 Å². The molecule has 2 aromatic carbocycles. The summed E-state index contributed by atoms with van der Waals surface area (Å²) >= 11 is 0. The zero-order chi connectivity index (χ0) is 17.0. The van der Waals surface area contributed by atoms with Crippen molar-refractivity contribution in [3.05, 3.63) is 65.5 Å². The molecule has 23 heavy (non-hydrogen) atoms. The van der Waals surface area contributed by atoms with Crippen molar-refractivity contribution in [3.63, 3.8) is 0 Å². The molecule has 0 saturated carbocycles. The van der Waals surface area contributed by atoms with Crippen LogP contribution in [0.15, 0.2) is 48.5 Å². The lowest BCUT2D eigenvalue weighted by molar-refractivity contribution is 0.0901. The molecule has 0 aliphatic rings. The zero-order valence-corrected chi connectivity index (χ0v) is 13.9. The second-order valence-corrected chi connectivity index (χ2v) is 6.53. The Bertz CT molecular complexity index is 678. The molecule has 0 aromatic heterocycles. The summed E-state index contributed by atoms with van der Waals surface area (Å²) in [6, 6.07) is 13.8. The summed E-state index contributed by atoms with van der Waals surface area (Å²) in [5.41, 5.74) is 1.11. The molecule has 122 valence electrons. The Kier molecular flexibility index (Phi) is 5.04. The van der Waals surface area contributed by atoms with E-state index in [4.69, 9.17) is 4.74 Å². The van der Waals surface area contributed by atoms with Crippen LogP contribution < -0.4 is 10.1 Å². The van der Waals surface area contributed by atoms with Crippen LogP contribution in [0, 0.1) is 11.2 Å². The lowest BCUT2D eigenvalue weighted by atomic mass is 9.82. The Morgan fingerprint density at radius 2 is 1.78 bits per heavy atom. The molecule has 0 spiro atoms. The van der Waals surface area contributed by atoms with Crippen LogP contribution in [0.5, 0.6) is 5.75 Å². The van der Waals surface area contributed by atoms with Crippen LogP contribution in [0.4, 0.5) is 4.39 Å². The number of carbonyl (C=O) groups excluding carboxylic acids is 1. The first-order chi connectivity index (χ1) is 10.8. The van der Waals surface area contributed by atoms with Crippen molar-refractivity contribution >= 4 is 5.91 Å². The van der Waals surface area contributed by atoms with Crippen molar-refractivity contribution in [1.82, 2.24) is 5.32 Å². The molecule has 0 fully saturated rings. The second kappa shape index (κ2) is 6.82. The van der Waals surface area contributed by atoms with Crippen LogP contribution in [0.25, 0.3) is 0 Å². The molecule has 1 atom stereocenters. The average Bonchev–Trinajstić information content (AvgIpc) is 2.52. The number of benzene rings is 2. The maximum Gasteiger partial charge on any atom is 0.251 e. The van der Waals surface area contributed by atoms with E-state index in [2.05, 4.69) is 26.1 Å². The number of methoxy groups -OCH3 is 1. The smallest absolute Gasteiger partial charge is 0.251 e. The van der Waals surface area contributed by atoms with Crippen molar-refractivity contribution in [1.29, 1.82) is 0 Å². The second-order valence-electron chi connectivity index (χ2n) is 6.53. The number of halogens is 1. The first-order valence-corrected chi connectivity index (χ1v) is 7.52. The first kappa shape index (κ1) is 17.0. The molecule has 2 rings (SSSR count). The maximum absolute atomic E-state index is 13.8. The van der Waals surface area contributed by atoms with Crippen LogP contribution in [0.2, 0.25) is 0 Å². The van der Waals surface area contributed by atoms with Crippen LogP contribution in [0.1, 0.15) is 42.7 Å². The molecule has 1 amide bonds. The highest BCUT2D eigenvalue weighted by Crippen LogP contribution is 2.33. The van der Waals surface area contributed by atoms with E-state index in [9.17, 15) is 9.18 Å². The van der Waals surface area contributed by atoms with Gasteiger partial charge in [0.05, 0.1) is 13.2 Å². The van der Waals surface area contributed by atoms with E-state index in [-0.39, 0.29) is 28.7 Å². The monoisotopic (exact) mass is 315 g/mol. The molecular weight excluding hydrogens is 293 g/mol. The highest BCUT2D eigenvalue weighted by atomic mass is 19.1. The first-order valence-electron chi connectivity index (χ1n) is 7.52. The summed E-state index contributed by atoms with van der Waals surface area (Å²) in [5, 5.41) is 3.01. The summed E-state index contributed by atoms with van der Waals surface area (Å²) < 4.78 is 18.7. The van der Waals surface area contributed by atoms with Gasteiger partial charge in [0.2, 0.25) is 0 Å². The number of hydrogen-bond acceptors (Lipinski definition) is 2. The minimum atomic E-state index is -0.549. The van der Waals surface area contributed by atoms with Crippen molar-refractivity contribution in [2.24, 2.45) is 5.41 Å².